The number of aryl methyl sites for hydroxylation is 3. The maximum absolute atomic E-state index is 6.15. The van der Waals surface area contributed by atoms with Crippen LogP contribution >= 0.6 is 35.6 Å². The summed E-state index contributed by atoms with van der Waals surface area (Å²) in [4.78, 5) is 4.23. The Morgan fingerprint density at radius 2 is 2.00 bits per heavy atom. The summed E-state index contributed by atoms with van der Waals surface area (Å²) < 4.78 is 2.04. The van der Waals surface area contributed by atoms with Gasteiger partial charge in [-0.05, 0) is 38.0 Å². The highest BCUT2D eigenvalue weighted by Gasteiger charge is 2.03. The van der Waals surface area contributed by atoms with E-state index in [0.717, 1.165) is 41.7 Å². The first-order valence-electron chi connectivity index (χ1n) is 7.79. The molecule has 0 aliphatic carbocycles. The van der Waals surface area contributed by atoms with Crippen LogP contribution in [0.25, 0.3) is 0 Å². The van der Waals surface area contributed by atoms with Crippen molar-refractivity contribution in [2.75, 3.05) is 13.6 Å². The summed E-state index contributed by atoms with van der Waals surface area (Å²) in [5.74, 6) is 0.776. The number of aromatic nitrogens is 2. The smallest absolute Gasteiger partial charge is 0.191 e. The second-order valence-electron chi connectivity index (χ2n) is 5.45. The Kier molecular flexibility index (Phi) is 9.13. The van der Waals surface area contributed by atoms with Crippen molar-refractivity contribution in [3.8, 4) is 0 Å². The van der Waals surface area contributed by atoms with Crippen LogP contribution in [0.1, 0.15) is 23.4 Å². The van der Waals surface area contributed by atoms with E-state index in [1.807, 2.05) is 35.9 Å². The van der Waals surface area contributed by atoms with Gasteiger partial charge in [0.2, 0.25) is 0 Å². The fourth-order valence-electron chi connectivity index (χ4n) is 2.38. The normalized spacial score (nSPS) is 11.1. The number of halogens is 2. The summed E-state index contributed by atoms with van der Waals surface area (Å²) in [6.45, 7) is 6.48. The van der Waals surface area contributed by atoms with Crippen LogP contribution in [0.2, 0.25) is 5.02 Å². The summed E-state index contributed by atoms with van der Waals surface area (Å²) in [6.07, 6.45) is 0.981. The van der Waals surface area contributed by atoms with E-state index < -0.39 is 0 Å². The lowest BCUT2D eigenvalue weighted by Crippen LogP contribution is -2.37. The van der Waals surface area contributed by atoms with Crippen LogP contribution in [0.15, 0.2) is 35.3 Å². The molecule has 132 valence electrons. The molecule has 0 atom stereocenters. The monoisotopic (exact) mass is 461 g/mol. The number of hydrogen-bond acceptors (Lipinski definition) is 2. The summed E-state index contributed by atoms with van der Waals surface area (Å²) >= 11 is 6.15. The fraction of sp³-hybridized carbons (Fsp3) is 0.412. The molecule has 0 radical (unpaired) electrons. The molecule has 0 bridgehead atoms. The number of rotatable bonds is 6. The Balaban J connectivity index is 0.00000288. The highest BCUT2D eigenvalue weighted by atomic mass is 127. The molecule has 24 heavy (non-hydrogen) atoms. The molecular weight excluding hydrogens is 437 g/mol. The van der Waals surface area contributed by atoms with Crippen LogP contribution < -0.4 is 10.6 Å². The van der Waals surface area contributed by atoms with E-state index in [9.17, 15) is 0 Å². The van der Waals surface area contributed by atoms with Crippen LogP contribution in [0.4, 0.5) is 0 Å². The second kappa shape index (κ2) is 10.6. The molecule has 0 saturated heterocycles. The van der Waals surface area contributed by atoms with E-state index in [-0.39, 0.29) is 24.0 Å². The number of aliphatic imine (C=N–C) groups is 1. The van der Waals surface area contributed by atoms with Crippen molar-refractivity contribution in [3.63, 3.8) is 0 Å². The van der Waals surface area contributed by atoms with E-state index in [0.29, 0.717) is 6.54 Å². The van der Waals surface area contributed by atoms with E-state index in [4.69, 9.17) is 11.6 Å². The molecule has 2 N–H and O–H groups in total. The molecule has 0 fully saturated rings. The van der Waals surface area contributed by atoms with Gasteiger partial charge in [-0.25, -0.2) is 0 Å². The highest BCUT2D eigenvalue weighted by molar-refractivity contribution is 14.0. The van der Waals surface area contributed by atoms with Gasteiger partial charge >= 0.3 is 0 Å². The average Bonchev–Trinajstić information content (AvgIpc) is 2.86. The molecule has 2 rings (SSSR count). The Labute approximate surface area is 165 Å². The van der Waals surface area contributed by atoms with Crippen molar-refractivity contribution in [2.45, 2.75) is 33.4 Å². The Bertz CT molecular complexity index is 669. The molecule has 1 aromatic heterocycles. The molecule has 2 aromatic rings. The van der Waals surface area contributed by atoms with Crippen molar-refractivity contribution >= 4 is 41.5 Å². The van der Waals surface area contributed by atoms with Crippen LogP contribution in [0.3, 0.4) is 0 Å². The largest absolute Gasteiger partial charge is 0.356 e. The Morgan fingerprint density at radius 3 is 2.62 bits per heavy atom. The van der Waals surface area contributed by atoms with Crippen LogP contribution in [0, 0.1) is 13.8 Å². The van der Waals surface area contributed by atoms with Crippen molar-refractivity contribution in [1.82, 2.24) is 20.4 Å². The summed E-state index contributed by atoms with van der Waals surface area (Å²) in [5.41, 5.74) is 3.32. The van der Waals surface area contributed by atoms with Crippen LogP contribution in [-0.4, -0.2) is 29.3 Å². The summed E-state index contributed by atoms with van der Waals surface area (Å²) in [5, 5.41) is 11.8. The Hall–Kier alpha value is -1.28. The van der Waals surface area contributed by atoms with Gasteiger partial charge in [0.05, 0.1) is 5.69 Å². The predicted molar refractivity (Wildman–Crippen MR) is 111 cm³/mol. The van der Waals surface area contributed by atoms with Crippen LogP contribution in [0.5, 0.6) is 0 Å². The zero-order valence-corrected chi connectivity index (χ0v) is 17.4. The fourth-order valence-corrected chi connectivity index (χ4v) is 2.58. The zero-order valence-electron chi connectivity index (χ0n) is 14.3. The van der Waals surface area contributed by atoms with Gasteiger partial charge in [0, 0.05) is 37.4 Å². The number of benzene rings is 1. The molecule has 0 aliphatic heterocycles. The third-order valence-corrected chi connectivity index (χ3v) is 3.94. The zero-order chi connectivity index (χ0) is 16.7. The lowest BCUT2D eigenvalue weighted by atomic mass is 10.2. The second-order valence-corrected chi connectivity index (χ2v) is 5.85. The number of nitrogens with one attached hydrogen (secondary N) is 2. The maximum Gasteiger partial charge on any atom is 0.191 e. The van der Waals surface area contributed by atoms with Gasteiger partial charge < -0.3 is 10.6 Å². The third kappa shape index (κ3) is 6.32. The average molecular weight is 462 g/mol. The van der Waals surface area contributed by atoms with Gasteiger partial charge in [-0.2, -0.15) is 5.10 Å². The molecule has 0 spiro atoms. The van der Waals surface area contributed by atoms with E-state index in [2.05, 4.69) is 33.7 Å². The van der Waals surface area contributed by atoms with Crippen molar-refractivity contribution in [1.29, 1.82) is 0 Å². The molecule has 7 heteroatoms. The Morgan fingerprint density at radius 1 is 1.25 bits per heavy atom. The molecule has 1 aromatic carbocycles. The number of hydrogen-bond donors (Lipinski definition) is 2. The lowest BCUT2D eigenvalue weighted by molar-refractivity contribution is 0.555. The molecular formula is C17H25ClIN5. The first-order valence-corrected chi connectivity index (χ1v) is 8.17. The highest BCUT2D eigenvalue weighted by Crippen LogP contribution is 2.14. The SMILES string of the molecule is CN=C(NCCCn1nc(C)cc1C)NCc1ccccc1Cl.I. The minimum absolute atomic E-state index is 0. The molecule has 0 unspecified atom stereocenters. The van der Waals surface area contributed by atoms with Crippen molar-refractivity contribution < 1.29 is 0 Å². The quantitative estimate of drug-likeness (QED) is 0.299. The van der Waals surface area contributed by atoms with E-state index in [1.54, 1.807) is 7.05 Å². The minimum atomic E-state index is 0. The lowest BCUT2D eigenvalue weighted by Gasteiger charge is -2.13. The van der Waals surface area contributed by atoms with Gasteiger partial charge in [-0.1, -0.05) is 29.8 Å². The van der Waals surface area contributed by atoms with E-state index >= 15 is 0 Å². The summed E-state index contributed by atoms with van der Waals surface area (Å²) in [6, 6.07) is 9.90. The maximum atomic E-state index is 6.15. The molecule has 0 aliphatic rings. The van der Waals surface area contributed by atoms with Crippen molar-refractivity contribution in [3.05, 3.63) is 52.3 Å². The molecule has 5 nitrogen and oxygen atoms in total. The summed E-state index contributed by atoms with van der Waals surface area (Å²) in [7, 11) is 1.77. The van der Waals surface area contributed by atoms with Crippen molar-refractivity contribution in [2.24, 2.45) is 4.99 Å². The number of guanidine groups is 1. The van der Waals surface area contributed by atoms with Crippen LogP contribution in [-0.2, 0) is 13.1 Å². The van der Waals surface area contributed by atoms with Gasteiger partial charge in [0.25, 0.3) is 0 Å². The topological polar surface area (TPSA) is 54.2 Å². The van der Waals surface area contributed by atoms with Gasteiger partial charge in [0.15, 0.2) is 5.96 Å². The van der Waals surface area contributed by atoms with E-state index in [1.165, 1.54) is 5.69 Å². The molecule has 1 heterocycles. The molecule has 0 saturated carbocycles. The minimum Gasteiger partial charge on any atom is -0.356 e. The predicted octanol–water partition coefficient (Wildman–Crippen LogP) is 3.53. The first kappa shape index (κ1) is 20.8. The third-order valence-electron chi connectivity index (χ3n) is 3.57. The number of nitrogens with zero attached hydrogens (tertiary/aromatic N) is 3. The van der Waals surface area contributed by atoms with Gasteiger partial charge in [-0.15, -0.1) is 24.0 Å². The standard InChI is InChI=1S/C17H24ClN5.HI/c1-13-11-14(2)23(22-13)10-6-9-20-17(19-3)21-12-15-7-4-5-8-16(15)18;/h4-5,7-8,11H,6,9-10,12H2,1-3H3,(H2,19,20,21);1H. The van der Waals surface area contributed by atoms with Gasteiger partial charge in [-0.3, -0.25) is 9.67 Å². The first-order chi connectivity index (χ1) is 11.1. The van der Waals surface area contributed by atoms with Gasteiger partial charge in [0.1, 0.15) is 0 Å². The molecule has 0 amide bonds.